The van der Waals surface area contributed by atoms with Gasteiger partial charge in [0.25, 0.3) is 0 Å². The molecule has 1 rings (SSSR count). The molecule has 0 aromatic heterocycles. The average molecular weight is 375 g/mol. The van der Waals surface area contributed by atoms with Crippen LogP contribution >= 0.6 is 22.6 Å². The minimum atomic E-state index is -1.10. The van der Waals surface area contributed by atoms with Crippen LogP contribution in [0.3, 0.4) is 0 Å². The lowest BCUT2D eigenvalue weighted by molar-refractivity contribution is -0.160. The summed E-state index contributed by atoms with van der Waals surface area (Å²) in [5.41, 5.74) is 0. The van der Waals surface area contributed by atoms with Crippen molar-refractivity contribution in [3.63, 3.8) is 0 Å². The number of alkyl halides is 1. The van der Waals surface area contributed by atoms with Gasteiger partial charge in [-0.3, -0.25) is 0 Å². The van der Waals surface area contributed by atoms with E-state index >= 15 is 0 Å². The summed E-state index contributed by atoms with van der Waals surface area (Å²) in [7, 11) is 0. The number of hydrogen-bond acceptors (Lipinski definition) is 4. The van der Waals surface area contributed by atoms with Crippen LogP contribution in [0.25, 0.3) is 0 Å². The molecule has 6 heteroatoms. The van der Waals surface area contributed by atoms with E-state index in [2.05, 4.69) is 27.3 Å². The van der Waals surface area contributed by atoms with Crippen LogP contribution in [0.5, 0.6) is 0 Å². The molecule has 17 heavy (non-hydrogen) atoms. The van der Waals surface area contributed by atoms with Crippen LogP contribution in [-0.4, -0.2) is 36.8 Å². The third-order valence-corrected chi connectivity index (χ3v) is 5.69. The number of aliphatic hydroxyl groups is 1. The third-order valence-electron chi connectivity index (χ3n) is 2.76. The van der Waals surface area contributed by atoms with Crippen LogP contribution in [-0.2, 0) is 16.1 Å². The van der Waals surface area contributed by atoms with Crippen LogP contribution in [0.1, 0.15) is 40.5 Å². The Morgan fingerprint density at radius 2 is 2.06 bits per heavy atom. The quantitative estimate of drug-likeness (QED) is 0.448. The van der Waals surface area contributed by atoms with Gasteiger partial charge >= 0.3 is 0 Å². The van der Waals surface area contributed by atoms with E-state index in [0.717, 1.165) is 12.8 Å². The fourth-order valence-electron chi connectivity index (χ4n) is 1.59. The van der Waals surface area contributed by atoms with Gasteiger partial charge in [-0.1, -0.05) is 22.6 Å². The molecule has 4 nitrogen and oxygen atoms in total. The molecule has 0 spiro atoms. The molecule has 1 saturated heterocycles. The van der Waals surface area contributed by atoms with E-state index in [1.165, 1.54) is 0 Å². The summed E-state index contributed by atoms with van der Waals surface area (Å²) in [6.07, 6.45) is 1.05. The number of rotatable bonds is 3. The lowest BCUT2D eigenvalue weighted by Crippen LogP contribution is -2.51. The highest BCUT2D eigenvalue weighted by molar-refractivity contribution is 14.1. The highest BCUT2D eigenvalue weighted by Gasteiger charge is 2.35. The van der Waals surface area contributed by atoms with Crippen LogP contribution in [0.4, 0.5) is 0 Å². The second-order valence-electron chi connectivity index (χ2n) is 5.45. The number of ether oxygens (including phenoxy) is 1. The molecular formula is C11H22INO3S. The monoisotopic (exact) mass is 375 g/mol. The summed E-state index contributed by atoms with van der Waals surface area (Å²) in [5, 5.41) is 9.66. The lowest BCUT2D eigenvalue weighted by atomic mass is 10.0. The van der Waals surface area contributed by atoms with E-state index in [1.807, 2.05) is 27.7 Å². The zero-order chi connectivity index (χ0) is 13.2. The van der Waals surface area contributed by atoms with Crippen molar-refractivity contribution in [2.75, 3.05) is 0 Å². The summed E-state index contributed by atoms with van der Waals surface area (Å²) in [5.74, 6) is 0. The predicted octanol–water partition coefficient (Wildman–Crippen LogP) is 1.73. The van der Waals surface area contributed by atoms with Crippen molar-refractivity contribution in [3.8, 4) is 0 Å². The maximum absolute atomic E-state index is 11.9. The van der Waals surface area contributed by atoms with Gasteiger partial charge in [-0.25, -0.2) is 0 Å². The van der Waals surface area contributed by atoms with Crippen molar-refractivity contribution in [2.24, 2.45) is 0 Å². The summed E-state index contributed by atoms with van der Waals surface area (Å²) >= 11 is 1.10. The zero-order valence-corrected chi connectivity index (χ0v) is 13.7. The van der Waals surface area contributed by atoms with Crippen LogP contribution < -0.4 is 4.72 Å². The highest BCUT2D eigenvalue weighted by atomic mass is 127. The van der Waals surface area contributed by atoms with Gasteiger partial charge in [0, 0.05) is 11.4 Å². The summed E-state index contributed by atoms with van der Waals surface area (Å²) < 4.78 is 20.4. The van der Waals surface area contributed by atoms with Crippen LogP contribution in [0.2, 0.25) is 0 Å². The van der Waals surface area contributed by atoms with Crippen LogP contribution in [0, 0.1) is 0 Å². The minimum Gasteiger partial charge on any atom is -0.598 e. The molecule has 1 unspecified atom stereocenters. The maximum Gasteiger partial charge on any atom is 0.166 e. The Morgan fingerprint density at radius 3 is 2.53 bits per heavy atom. The van der Waals surface area contributed by atoms with Gasteiger partial charge in [0.2, 0.25) is 0 Å². The number of nitrogens with one attached hydrogen (secondary N) is 1. The second-order valence-corrected chi connectivity index (χ2v) is 9.04. The first-order valence-electron chi connectivity index (χ1n) is 5.87. The van der Waals surface area contributed by atoms with Crippen molar-refractivity contribution in [1.29, 1.82) is 0 Å². The molecule has 1 heterocycles. The first-order chi connectivity index (χ1) is 7.71. The summed E-state index contributed by atoms with van der Waals surface area (Å²) in [4.78, 5) is 0. The Hall–Kier alpha value is 0.920. The Morgan fingerprint density at radius 1 is 1.47 bits per heavy atom. The first-order valence-corrected chi connectivity index (χ1v) is 8.27. The molecule has 0 radical (unpaired) electrons. The predicted molar refractivity (Wildman–Crippen MR) is 78.4 cm³/mol. The molecule has 1 aliphatic heterocycles. The fourth-order valence-corrected chi connectivity index (χ4v) is 2.96. The molecule has 0 aliphatic carbocycles. The fraction of sp³-hybridized carbons (Fsp3) is 1.00. The second kappa shape index (κ2) is 6.38. The Labute approximate surface area is 120 Å². The van der Waals surface area contributed by atoms with E-state index in [-0.39, 0.29) is 20.8 Å². The van der Waals surface area contributed by atoms with Gasteiger partial charge in [-0.2, -0.15) is 0 Å². The lowest BCUT2D eigenvalue weighted by Gasteiger charge is -2.35. The molecule has 1 fully saturated rings. The molecule has 5 atom stereocenters. The molecular weight excluding hydrogens is 353 g/mol. The topological polar surface area (TPSA) is 64.5 Å². The Bertz CT molecular complexity index is 249. The molecule has 0 aromatic carbocycles. The van der Waals surface area contributed by atoms with E-state index < -0.39 is 17.7 Å². The van der Waals surface area contributed by atoms with E-state index in [9.17, 15) is 9.66 Å². The van der Waals surface area contributed by atoms with Gasteiger partial charge in [0.1, 0.15) is 4.75 Å². The molecule has 0 bridgehead atoms. The molecule has 0 saturated carbocycles. The standard InChI is InChI=1S/C11H22INO3S/c1-7(13-17(15)11(2,3)4)9-6-5-8(12)10(14)16-9/h7-10,13-14H,5-6H2,1-4H3/t7-,8-,9+,10-,17?/m1/s1. The summed E-state index contributed by atoms with van der Waals surface area (Å²) in [6, 6.07) is -0.0198. The van der Waals surface area contributed by atoms with Gasteiger partial charge in [0.15, 0.2) is 6.29 Å². The van der Waals surface area contributed by atoms with Crippen molar-refractivity contribution >= 4 is 34.0 Å². The highest BCUT2D eigenvalue weighted by Crippen LogP contribution is 2.26. The molecule has 102 valence electrons. The maximum atomic E-state index is 11.9. The Kier molecular flexibility index (Phi) is 6.00. The molecule has 1 aliphatic rings. The molecule has 2 N–H and O–H groups in total. The van der Waals surface area contributed by atoms with E-state index in [0.29, 0.717) is 0 Å². The normalized spacial score (nSPS) is 34.4. The SMILES string of the molecule is C[C@@H](N[S+]([O-])C(C)(C)C)[C@@H]1CC[C@@H](I)[C@H](O)O1. The van der Waals surface area contributed by atoms with E-state index in [4.69, 9.17) is 4.74 Å². The average Bonchev–Trinajstić information content (AvgIpc) is 2.20. The van der Waals surface area contributed by atoms with Crippen molar-refractivity contribution in [3.05, 3.63) is 0 Å². The van der Waals surface area contributed by atoms with Gasteiger partial charge < -0.3 is 14.4 Å². The minimum absolute atomic E-state index is 0.0198. The number of aliphatic hydroxyl groups excluding tert-OH is 1. The number of halogens is 1. The molecule has 0 amide bonds. The van der Waals surface area contributed by atoms with E-state index in [1.54, 1.807) is 0 Å². The van der Waals surface area contributed by atoms with Crippen molar-refractivity contribution in [2.45, 2.75) is 67.6 Å². The van der Waals surface area contributed by atoms with Crippen LogP contribution in [0.15, 0.2) is 0 Å². The number of hydrogen-bond donors (Lipinski definition) is 2. The van der Waals surface area contributed by atoms with Crippen molar-refractivity contribution in [1.82, 2.24) is 4.72 Å². The summed E-state index contributed by atoms with van der Waals surface area (Å²) in [6.45, 7) is 7.75. The van der Waals surface area contributed by atoms with Gasteiger partial charge in [-0.05, 0) is 40.5 Å². The largest absolute Gasteiger partial charge is 0.598 e. The van der Waals surface area contributed by atoms with Gasteiger partial charge in [0.05, 0.1) is 16.1 Å². The smallest absolute Gasteiger partial charge is 0.166 e. The molecule has 0 aromatic rings. The Balaban J connectivity index is 2.46. The van der Waals surface area contributed by atoms with Gasteiger partial charge in [-0.15, -0.1) is 4.72 Å². The zero-order valence-electron chi connectivity index (χ0n) is 10.8. The third kappa shape index (κ3) is 4.83. The first kappa shape index (κ1) is 16.0. The van der Waals surface area contributed by atoms with Crippen molar-refractivity contribution < 1.29 is 14.4 Å².